The molecule has 7 nitrogen and oxygen atoms in total. The molecule has 3 fully saturated rings. The van der Waals surface area contributed by atoms with Crippen LogP contribution in [0.4, 0.5) is 10.1 Å². The SMILES string of the molecule is CC#Cc1c(N2CC3NCCOC3C2)c(F)cc2c(=O)c(C(=O)O)cn(C3CC3)c12. The molecular formula is C22H22FN3O4. The van der Waals surface area contributed by atoms with Crippen molar-refractivity contribution in [2.75, 3.05) is 31.1 Å². The van der Waals surface area contributed by atoms with E-state index >= 15 is 4.39 Å². The minimum absolute atomic E-state index is 0.0312. The summed E-state index contributed by atoms with van der Waals surface area (Å²) in [5, 5.41) is 12.9. The highest BCUT2D eigenvalue weighted by molar-refractivity contribution is 5.97. The lowest BCUT2D eigenvalue weighted by atomic mass is 10.0. The number of hydrogen-bond acceptors (Lipinski definition) is 5. The number of fused-ring (bicyclic) bond motifs is 2. The smallest absolute Gasteiger partial charge is 0.341 e. The number of nitrogens with zero attached hydrogens (tertiary/aromatic N) is 2. The van der Waals surface area contributed by atoms with Crippen LogP contribution in [0.3, 0.4) is 0 Å². The first-order valence-electron chi connectivity index (χ1n) is 10.2. The summed E-state index contributed by atoms with van der Waals surface area (Å²) < 4.78 is 23.1. The predicted molar refractivity (Wildman–Crippen MR) is 110 cm³/mol. The van der Waals surface area contributed by atoms with Crippen molar-refractivity contribution in [3.63, 3.8) is 0 Å². The van der Waals surface area contributed by atoms with Gasteiger partial charge in [0.25, 0.3) is 0 Å². The van der Waals surface area contributed by atoms with E-state index in [1.807, 2.05) is 4.90 Å². The van der Waals surface area contributed by atoms with Crippen LogP contribution in [0.5, 0.6) is 0 Å². The van der Waals surface area contributed by atoms with Gasteiger partial charge in [-0.3, -0.25) is 4.79 Å². The highest BCUT2D eigenvalue weighted by Gasteiger charge is 2.38. The Morgan fingerprint density at radius 3 is 2.83 bits per heavy atom. The van der Waals surface area contributed by atoms with Crippen molar-refractivity contribution in [3.05, 3.63) is 39.4 Å². The first-order chi connectivity index (χ1) is 14.5. The Balaban J connectivity index is 1.77. The summed E-state index contributed by atoms with van der Waals surface area (Å²) >= 11 is 0. The fourth-order valence-corrected chi connectivity index (χ4v) is 4.60. The van der Waals surface area contributed by atoms with Crippen LogP contribution in [-0.2, 0) is 4.74 Å². The molecule has 156 valence electrons. The van der Waals surface area contributed by atoms with Crippen molar-refractivity contribution in [2.45, 2.75) is 38.0 Å². The maximum atomic E-state index is 15.4. The highest BCUT2D eigenvalue weighted by Crippen LogP contribution is 2.40. The zero-order valence-electron chi connectivity index (χ0n) is 16.6. The second-order valence-electron chi connectivity index (χ2n) is 8.04. The summed E-state index contributed by atoms with van der Waals surface area (Å²) in [7, 11) is 0. The van der Waals surface area contributed by atoms with Crippen molar-refractivity contribution in [1.82, 2.24) is 9.88 Å². The number of rotatable bonds is 3. The molecule has 0 bridgehead atoms. The van der Waals surface area contributed by atoms with E-state index < -0.39 is 17.2 Å². The van der Waals surface area contributed by atoms with Gasteiger partial charge in [0.05, 0.1) is 40.9 Å². The van der Waals surface area contributed by atoms with E-state index in [1.54, 1.807) is 11.5 Å². The molecule has 5 rings (SSSR count). The molecule has 2 N–H and O–H groups in total. The number of benzene rings is 1. The molecule has 0 amide bonds. The van der Waals surface area contributed by atoms with Crippen molar-refractivity contribution in [2.24, 2.45) is 0 Å². The lowest BCUT2D eigenvalue weighted by Gasteiger charge is -2.25. The third-order valence-corrected chi connectivity index (χ3v) is 6.09. The van der Waals surface area contributed by atoms with Crippen LogP contribution in [-0.4, -0.2) is 54.0 Å². The van der Waals surface area contributed by atoms with Gasteiger partial charge in [-0.25, -0.2) is 9.18 Å². The number of ether oxygens (including phenoxy) is 1. The third-order valence-electron chi connectivity index (χ3n) is 6.09. The molecule has 2 saturated heterocycles. The Labute approximate surface area is 172 Å². The van der Waals surface area contributed by atoms with E-state index in [4.69, 9.17) is 4.74 Å². The predicted octanol–water partition coefficient (Wildman–Crippen LogP) is 1.72. The molecule has 1 aromatic carbocycles. The quantitative estimate of drug-likeness (QED) is 0.749. The van der Waals surface area contributed by atoms with Crippen LogP contribution in [0.1, 0.15) is 41.7 Å². The monoisotopic (exact) mass is 411 g/mol. The van der Waals surface area contributed by atoms with Crippen molar-refractivity contribution >= 4 is 22.6 Å². The lowest BCUT2D eigenvalue weighted by Crippen LogP contribution is -2.47. The number of halogens is 1. The summed E-state index contributed by atoms with van der Waals surface area (Å²) in [5.41, 5.74) is 0.281. The Bertz CT molecular complexity index is 1160. The molecule has 30 heavy (non-hydrogen) atoms. The summed E-state index contributed by atoms with van der Waals surface area (Å²) in [6, 6.07) is 1.37. The third kappa shape index (κ3) is 2.97. The minimum Gasteiger partial charge on any atom is -0.477 e. The molecule has 1 saturated carbocycles. The second kappa shape index (κ2) is 7.11. The minimum atomic E-state index is -1.31. The van der Waals surface area contributed by atoms with E-state index in [9.17, 15) is 14.7 Å². The van der Waals surface area contributed by atoms with Gasteiger partial charge in [0.15, 0.2) is 0 Å². The number of aromatic nitrogens is 1. The van der Waals surface area contributed by atoms with Gasteiger partial charge >= 0.3 is 5.97 Å². The Morgan fingerprint density at radius 2 is 2.17 bits per heavy atom. The van der Waals surface area contributed by atoms with Crippen molar-refractivity contribution in [1.29, 1.82) is 0 Å². The second-order valence-corrected chi connectivity index (χ2v) is 8.04. The van der Waals surface area contributed by atoms with Gasteiger partial charge in [-0.15, -0.1) is 5.92 Å². The number of morpholine rings is 1. The molecule has 3 aliphatic rings. The highest BCUT2D eigenvalue weighted by atomic mass is 19.1. The van der Waals surface area contributed by atoms with Crippen LogP contribution in [0, 0.1) is 17.7 Å². The number of carbonyl (C=O) groups is 1. The van der Waals surface area contributed by atoms with Gasteiger partial charge in [-0.2, -0.15) is 0 Å². The molecule has 1 aromatic heterocycles. The zero-order valence-corrected chi connectivity index (χ0v) is 16.6. The largest absolute Gasteiger partial charge is 0.477 e. The first kappa shape index (κ1) is 19.1. The normalized spacial score (nSPS) is 23.2. The molecule has 0 spiro atoms. The summed E-state index contributed by atoms with van der Waals surface area (Å²) in [4.78, 5) is 26.4. The van der Waals surface area contributed by atoms with Gasteiger partial charge in [-0.05, 0) is 25.8 Å². The van der Waals surface area contributed by atoms with Gasteiger partial charge in [0, 0.05) is 31.9 Å². The van der Waals surface area contributed by atoms with Crippen LogP contribution >= 0.6 is 0 Å². The van der Waals surface area contributed by atoms with E-state index in [-0.39, 0.29) is 29.1 Å². The molecule has 0 radical (unpaired) electrons. The number of carboxylic acid groups (broad SMARTS) is 1. The fourth-order valence-electron chi connectivity index (χ4n) is 4.60. The maximum Gasteiger partial charge on any atom is 0.341 e. The van der Waals surface area contributed by atoms with Gasteiger partial charge in [-0.1, -0.05) is 5.92 Å². The topological polar surface area (TPSA) is 83.8 Å². The molecule has 2 atom stereocenters. The van der Waals surface area contributed by atoms with Gasteiger partial charge < -0.3 is 24.6 Å². The zero-order chi connectivity index (χ0) is 21.0. The van der Waals surface area contributed by atoms with Crippen LogP contribution in [0.25, 0.3) is 10.9 Å². The van der Waals surface area contributed by atoms with Crippen LogP contribution < -0.4 is 15.6 Å². The number of nitrogens with one attached hydrogen (secondary N) is 1. The Kier molecular flexibility index (Phi) is 4.53. The summed E-state index contributed by atoms with van der Waals surface area (Å²) in [5.74, 6) is 3.99. The average Bonchev–Trinajstić information content (AvgIpc) is 3.47. The van der Waals surface area contributed by atoms with Crippen molar-refractivity contribution < 1.29 is 19.0 Å². The average molecular weight is 411 g/mol. The van der Waals surface area contributed by atoms with E-state index in [2.05, 4.69) is 17.2 Å². The maximum absolute atomic E-state index is 15.4. The number of aromatic carboxylic acids is 1. The fraction of sp³-hybridized carbons (Fsp3) is 0.455. The standard InChI is InChI=1S/C22H22FN3O4/c1-2-3-13-19-14(21(27)15(22(28)29)9-26(19)12-4-5-12)8-16(23)20(13)25-10-17-18(11-25)30-7-6-24-17/h8-9,12,17-18,24H,4-7,10-11H2,1H3,(H,28,29). The molecule has 2 aliphatic heterocycles. The van der Waals surface area contributed by atoms with E-state index in [0.717, 1.165) is 19.4 Å². The molecule has 2 aromatic rings. The lowest BCUT2D eigenvalue weighted by molar-refractivity contribution is 0.0212. The Morgan fingerprint density at radius 1 is 1.37 bits per heavy atom. The van der Waals surface area contributed by atoms with Crippen LogP contribution in [0.2, 0.25) is 0 Å². The number of anilines is 1. The summed E-state index contributed by atoms with van der Waals surface area (Å²) in [6.45, 7) is 4.15. The Hall–Kier alpha value is -2.89. The summed E-state index contributed by atoms with van der Waals surface area (Å²) in [6.07, 6.45) is 3.13. The molecule has 1 aliphatic carbocycles. The van der Waals surface area contributed by atoms with E-state index in [1.165, 1.54) is 12.3 Å². The number of hydrogen-bond donors (Lipinski definition) is 2. The number of pyridine rings is 1. The van der Waals surface area contributed by atoms with Gasteiger partial charge in [0.2, 0.25) is 5.43 Å². The molecule has 2 unspecified atom stereocenters. The van der Waals surface area contributed by atoms with Crippen molar-refractivity contribution in [3.8, 4) is 11.8 Å². The van der Waals surface area contributed by atoms with Gasteiger partial charge in [0.1, 0.15) is 11.4 Å². The number of carboxylic acids is 1. The molecule has 3 heterocycles. The molecular weight excluding hydrogens is 389 g/mol. The van der Waals surface area contributed by atoms with Crippen LogP contribution in [0.15, 0.2) is 17.1 Å². The first-order valence-corrected chi connectivity index (χ1v) is 10.2. The van der Waals surface area contributed by atoms with E-state index in [0.29, 0.717) is 36.5 Å². The molecule has 8 heteroatoms.